The highest BCUT2D eigenvalue weighted by molar-refractivity contribution is 6.48. The van der Waals surface area contributed by atoms with Crippen LogP contribution in [0, 0.1) is 5.92 Å². The van der Waals surface area contributed by atoms with Gasteiger partial charge in [0.05, 0.1) is 18.1 Å². The normalized spacial score (nSPS) is 23.4. The zero-order chi connectivity index (χ0) is 10.9. The van der Waals surface area contributed by atoms with Crippen molar-refractivity contribution < 1.29 is 19.1 Å². The van der Waals surface area contributed by atoms with E-state index in [2.05, 4.69) is 4.74 Å². The van der Waals surface area contributed by atoms with E-state index in [1.807, 2.05) is 0 Å². The summed E-state index contributed by atoms with van der Waals surface area (Å²) >= 11 is 11.2. The largest absolute Gasteiger partial charge is 0.469 e. The zero-order valence-electron chi connectivity index (χ0n) is 7.54. The van der Waals surface area contributed by atoms with Crippen LogP contribution >= 0.6 is 23.2 Å². The molecule has 78 valence electrons. The first-order valence-corrected chi connectivity index (χ1v) is 4.58. The van der Waals surface area contributed by atoms with Crippen molar-refractivity contribution in [3.8, 4) is 0 Å². The average molecular weight is 239 g/mol. The Morgan fingerprint density at radius 1 is 1.57 bits per heavy atom. The van der Waals surface area contributed by atoms with Gasteiger partial charge in [-0.25, -0.2) is 4.79 Å². The number of ether oxygens (including phenoxy) is 2. The van der Waals surface area contributed by atoms with E-state index in [1.165, 1.54) is 7.11 Å². The SMILES string of the molecule is COC(=O)C(C)[C@@H]1OC(=O)C(Cl)=C1Cl. The number of halogens is 2. The molecule has 0 aromatic carbocycles. The third-order valence-electron chi connectivity index (χ3n) is 1.90. The first kappa shape index (κ1) is 11.3. The topological polar surface area (TPSA) is 52.6 Å². The molecule has 0 saturated heterocycles. The summed E-state index contributed by atoms with van der Waals surface area (Å²) in [5, 5.41) is -0.123. The number of esters is 2. The minimum absolute atomic E-state index is 0.0505. The predicted molar refractivity (Wildman–Crippen MR) is 49.8 cm³/mol. The summed E-state index contributed by atoms with van der Waals surface area (Å²) in [6.07, 6.45) is -0.830. The Hall–Kier alpha value is -0.740. The molecule has 1 aliphatic rings. The van der Waals surface area contributed by atoms with Crippen LogP contribution in [0.2, 0.25) is 0 Å². The van der Waals surface area contributed by atoms with Gasteiger partial charge in [0.25, 0.3) is 0 Å². The van der Waals surface area contributed by atoms with Gasteiger partial charge in [-0.05, 0) is 6.92 Å². The maximum Gasteiger partial charge on any atom is 0.351 e. The van der Waals surface area contributed by atoms with Crippen LogP contribution in [0.25, 0.3) is 0 Å². The van der Waals surface area contributed by atoms with Gasteiger partial charge >= 0.3 is 11.9 Å². The van der Waals surface area contributed by atoms with Crippen LogP contribution in [0.4, 0.5) is 0 Å². The smallest absolute Gasteiger partial charge is 0.351 e. The lowest BCUT2D eigenvalue weighted by Crippen LogP contribution is -2.27. The molecule has 0 saturated carbocycles. The molecule has 0 aromatic heterocycles. The minimum atomic E-state index is -0.830. The highest BCUT2D eigenvalue weighted by Gasteiger charge is 2.39. The molecular formula is C8H8Cl2O4. The highest BCUT2D eigenvalue weighted by Crippen LogP contribution is 2.33. The fourth-order valence-electron chi connectivity index (χ4n) is 1.07. The standard InChI is InChI=1S/C8H8Cl2O4/c1-3(7(11)13-2)6-4(9)5(10)8(12)14-6/h3,6H,1-2H3/t3?,6-/m0/s1. The lowest BCUT2D eigenvalue weighted by Gasteiger charge is -2.15. The molecule has 0 radical (unpaired) electrons. The second-order valence-corrected chi connectivity index (χ2v) is 3.58. The molecule has 1 unspecified atom stereocenters. The number of carbonyl (C=O) groups excluding carboxylic acids is 2. The van der Waals surface area contributed by atoms with E-state index in [-0.39, 0.29) is 10.1 Å². The summed E-state index contributed by atoms with van der Waals surface area (Å²) in [5.41, 5.74) is 0. The van der Waals surface area contributed by atoms with E-state index in [4.69, 9.17) is 27.9 Å². The second kappa shape index (κ2) is 4.19. The average Bonchev–Trinajstić information content (AvgIpc) is 2.43. The number of rotatable bonds is 2. The molecule has 0 amide bonds. The fraction of sp³-hybridized carbons (Fsp3) is 0.500. The van der Waals surface area contributed by atoms with Crippen molar-refractivity contribution in [2.24, 2.45) is 5.92 Å². The molecule has 2 atom stereocenters. The van der Waals surface area contributed by atoms with Gasteiger partial charge in [-0.15, -0.1) is 0 Å². The Morgan fingerprint density at radius 3 is 2.50 bits per heavy atom. The monoisotopic (exact) mass is 238 g/mol. The van der Waals surface area contributed by atoms with E-state index in [9.17, 15) is 9.59 Å². The quantitative estimate of drug-likeness (QED) is 0.683. The first-order valence-electron chi connectivity index (χ1n) is 3.83. The zero-order valence-corrected chi connectivity index (χ0v) is 9.06. The third-order valence-corrected chi connectivity index (χ3v) is 2.76. The molecule has 0 aliphatic carbocycles. The Balaban J connectivity index is 2.83. The van der Waals surface area contributed by atoms with Crippen LogP contribution in [0.1, 0.15) is 6.92 Å². The van der Waals surface area contributed by atoms with Gasteiger partial charge in [-0.1, -0.05) is 23.2 Å². The summed E-state index contributed by atoms with van der Waals surface area (Å²) in [6.45, 7) is 1.54. The molecule has 0 spiro atoms. The van der Waals surface area contributed by atoms with E-state index < -0.39 is 24.0 Å². The van der Waals surface area contributed by atoms with Gasteiger partial charge in [-0.2, -0.15) is 0 Å². The van der Waals surface area contributed by atoms with E-state index in [1.54, 1.807) is 6.92 Å². The summed E-state index contributed by atoms with van der Waals surface area (Å²) in [6, 6.07) is 0. The number of hydrogen-bond donors (Lipinski definition) is 0. The van der Waals surface area contributed by atoms with Crippen LogP contribution in [0.3, 0.4) is 0 Å². The third kappa shape index (κ3) is 1.86. The summed E-state index contributed by atoms with van der Waals surface area (Å²) in [4.78, 5) is 22.1. The van der Waals surface area contributed by atoms with Gasteiger partial charge in [-0.3, -0.25) is 4.79 Å². The van der Waals surface area contributed by atoms with Crippen LogP contribution in [-0.4, -0.2) is 25.2 Å². The van der Waals surface area contributed by atoms with Gasteiger partial charge < -0.3 is 9.47 Å². The van der Waals surface area contributed by atoms with Crippen LogP contribution in [0.5, 0.6) is 0 Å². The van der Waals surface area contributed by atoms with Crippen molar-refractivity contribution >= 4 is 35.1 Å². The maximum atomic E-state index is 11.1. The first-order chi connectivity index (χ1) is 6.49. The molecule has 1 heterocycles. The fourth-order valence-corrected chi connectivity index (χ4v) is 1.53. The second-order valence-electron chi connectivity index (χ2n) is 2.80. The van der Waals surface area contributed by atoms with Crippen molar-refractivity contribution in [2.75, 3.05) is 7.11 Å². The number of cyclic esters (lactones) is 1. The van der Waals surface area contributed by atoms with Gasteiger partial charge in [0.1, 0.15) is 5.03 Å². The number of carbonyl (C=O) groups is 2. The highest BCUT2D eigenvalue weighted by atomic mass is 35.5. The Labute approximate surface area is 90.8 Å². The predicted octanol–water partition coefficient (Wildman–Crippen LogP) is 1.41. The summed E-state index contributed by atoms with van der Waals surface area (Å²) in [5.74, 6) is -1.88. The molecule has 14 heavy (non-hydrogen) atoms. The lowest BCUT2D eigenvalue weighted by atomic mass is 10.1. The molecule has 4 nitrogen and oxygen atoms in total. The molecule has 0 N–H and O–H groups in total. The lowest BCUT2D eigenvalue weighted by molar-refractivity contribution is -0.152. The van der Waals surface area contributed by atoms with Crippen molar-refractivity contribution in [1.82, 2.24) is 0 Å². The molecule has 0 bridgehead atoms. The molecule has 0 fully saturated rings. The maximum absolute atomic E-state index is 11.1. The van der Waals surface area contributed by atoms with E-state index >= 15 is 0 Å². The molecular weight excluding hydrogens is 231 g/mol. The van der Waals surface area contributed by atoms with Gasteiger partial charge in [0.15, 0.2) is 6.10 Å². The van der Waals surface area contributed by atoms with E-state index in [0.717, 1.165) is 0 Å². The molecule has 1 aliphatic heterocycles. The summed E-state index contributed by atoms with van der Waals surface area (Å²) < 4.78 is 9.28. The van der Waals surface area contributed by atoms with Crippen LogP contribution < -0.4 is 0 Å². The number of hydrogen-bond acceptors (Lipinski definition) is 4. The molecule has 0 aromatic rings. The van der Waals surface area contributed by atoms with Crippen molar-refractivity contribution in [3.05, 3.63) is 10.1 Å². The van der Waals surface area contributed by atoms with Crippen molar-refractivity contribution in [2.45, 2.75) is 13.0 Å². The van der Waals surface area contributed by atoms with Gasteiger partial charge in [0.2, 0.25) is 0 Å². The Kier molecular flexibility index (Phi) is 3.39. The minimum Gasteiger partial charge on any atom is -0.469 e. The van der Waals surface area contributed by atoms with Gasteiger partial charge in [0, 0.05) is 0 Å². The van der Waals surface area contributed by atoms with E-state index in [0.29, 0.717) is 0 Å². The molecule has 1 rings (SSSR count). The summed E-state index contributed by atoms with van der Waals surface area (Å²) in [7, 11) is 1.24. The van der Waals surface area contributed by atoms with Crippen molar-refractivity contribution in [3.63, 3.8) is 0 Å². The Morgan fingerprint density at radius 2 is 2.14 bits per heavy atom. The Bertz CT molecular complexity index is 310. The molecule has 6 heteroatoms. The van der Waals surface area contributed by atoms with Crippen molar-refractivity contribution in [1.29, 1.82) is 0 Å². The van der Waals surface area contributed by atoms with Crippen LogP contribution in [-0.2, 0) is 19.1 Å². The van der Waals surface area contributed by atoms with Crippen LogP contribution in [0.15, 0.2) is 10.1 Å². The number of methoxy groups -OCH3 is 1.